The van der Waals surface area contributed by atoms with E-state index < -0.39 is 0 Å². The van der Waals surface area contributed by atoms with Crippen LogP contribution in [0, 0.1) is 0 Å². The van der Waals surface area contributed by atoms with E-state index in [0.717, 1.165) is 64.7 Å². The Hall–Kier alpha value is -2.15. The number of carbonyl (C=O) groups is 2. The summed E-state index contributed by atoms with van der Waals surface area (Å²) in [7, 11) is 1.66. The first-order valence-corrected chi connectivity index (χ1v) is 10.5. The molecule has 7 heteroatoms. The average Bonchev–Trinajstić information content (AvgIpc) is 2.74. The first-order valence-electron chi connectivity index (χ1n) is 10.5. The second kappa shape index (κ2) is 10.4. The maximum absolute atomic E-state index is 12.9. The second-order valence-corrected chi connectivity index (χ2v) is 7.91. The molecule has 7 nitrogen and oxygen atoms in total. The highest BCUT2D eigenvalue weighted by Crippen LogP contribution is 2.22. The SMILES string of the molecule is CNC(=O)CCC1CCCCN1C(=O)NC1CCN(Cc2ccncc2)CC1. The molecule has 154 valence electrons. The third-order valence-electron chi connectivity index (χ3n) is 5.94. The number of amides is 3. The minimum atomic E-state index is 0.0486. The Morgan fingerprint density at radius 1 is 1.11 bits per heavy atom. The van der Waals surface area contributed by atoms with Gasteiger partial charge in [-0.1, -0.05) is 0 Å². The number of rotatable bonds is 6. The van der Waals surface area contributed by atoms with Crippen LogP contribution in [0.2, 0.25) is 0 Å². The second-order valence-electron chi connectivity index (χ2n) is 7.91. The zero-order valence-electron chi connectivity index (χ0n) is 16.9. The molecule has 2 aliphatic heterocycles. The summed E-state index contributed by atoms with van der Waals surface area (Å²) in [5.74, 6) is 0.0486. The summed E-state index contributed by atoms with van der Waals surface area (Å²) in [6.07, 6.45) is 10.0. The van der Waals surface area contributed by atoms with Crippen LogP contribution in [0.15, 0.2) is 24.5 Å². The lowest BCUT2D eigenvalue weighted by atomic mass is 9.98. The molecule has 0 spiro atoms. The zero-order valence-corrected chi connectivity index (χ0v) is 16.9. The molecule has 1 unspecified atom stereocenters. The Morgan fingerprint density at radius 3 is 2.57 bits per heavy atom. The fourth-order valence-corrected chi connectivity index (χ4v) is 4.23. The lowest BCUT2D eigenvalue weighted by Gasteiger charge is -2.38. The number of hydrogen-bond acceptors (Lipinski definition) is 4. The van der Waals surface area contributed by atoms with E-state index in [1.54, 1.807) is 7.05 Å². The van der Waals surface area contributed by atoms with Gasteiger partial charge in [-0.2, -0.15) is 0 Å². The summed E-state index contributed by atoms with van der Waals surface area (Å²) in [6.45, 7) is 3.72. The maximum Gasteiger partial charge on any atom is 0.317 e. The highest BCUT2D eigenvalue weighted by molar-refractivity contribution is 5.76. The van der Waals surface area contributed by atoms with Crippen molar-refractivity contribution < 1.29 is 9.59 Å². The van der Waals surface area contributed by atoms with E-state index in [1.165, 1.54) is 5.56 Å². The van der Waals surface area contributed by atoms with Crippen molar-refractivity contribution in [3.05, 3.63) is 30.1 Å². The van der Waals surface area contributed by atoms with E-state index in [9.17, 15) is 9.59 Å². The molecule has 2 N–H and O–H groups in total. The van der Waals surface area contributed by atoms with Gasteiger partial charge in [-0.25, -0.2) is 4.79 Å². The Balaban J connectivity index is 1.44. The third kappa shape index (κ3) is 5.92. The molecule has 2 fully saturated rings. The van der Waals surface area contributed by atoms with Crippen LogP contribution in [0.3, 0.4) is 0 Å². The molecule has 3 heterocycles. The number of aromatic nitrogens is 1. The monoisotopic (exact) mass is 387 g/mol. The quantitative estimate of drug-likeness (QED) is 0.784. The summed E-state index contributed by atoms with van der Waals surface area (Å²) in [4.78, 5) is 32.9. The number of piperidine rings is 2. The van der Waals surface area contributed by atoms with Gasteiger partial charge in [0, 0.05) is 64.1 Å². The van der Waals surface area contributed by atoms with Crippen molar-refractivity contribution in [1.82, 2.24) is 25.4 Å². The fourth-order valence-electron chi connectivity index (χ4n) is 4.23. The molecule has 28 heavy (non-hydrogen) atoms. The van der Waals surface area contributed by atoms with Crippen molar-refractivity contribution in [2.24, 2.45) is 0 Å². The van der Waals surface area contributed by atoms with Gasteiger partial charge in [0.05, 0.1) is 0 Å². The molecule has 0 radical (unpaired) electrons. The van der Waals surface area contributed by atoms with Crippen LogP contribution < -0.4 is 10.6 Å². The zero-order chi connectivity index (χ0) is 19.8. The summed E-state index contributed by atoms with van der Waals surface area (Å²) < 4.78 is 0. The Bertz CT molecular complexity index is 631. The Labute approximate surface area is 167 Å². The minimum absolute atomic E-state index is 0.0486. The molecule has 0 bridgehead atoms. The van der Waals surface area contributed by atoms with Crippen molar-refractivity contribution in [2.45, 2.75) is 63.6 Å². The number of likely N-dealkylation sites (tertiary alicyclic amines) is 2. The standard InChI is InChI=1S/C21H33N5O2/c1-22-20(27)6-5-19-4-2-3-13-26(19)21(28)24-18-9-14-25(15-10-18)16-17-7-11-23-12-8-17/h7-8,11-12,18-19H,2-6,9-10,13-16H2,1H3,(H,22,27)(H,24,28). The molecule has 2 saturated heterocycles. The molecule has 3 amide bonds. The number of pyridine rings is 1. The smallest absolute Gasteiger partial charge is 0.317 e. The van der Waals surface area contributed by atoms with E-state index in [0.29, 0.717) is 6.42 Å². The van der Waals surface area contributed by atoms with E-state index in [4.69, 9.17) is 0 Å². The minimum Gasteiger partial charge on any atom is -0.359 e. The molecule has 0 saturated carbocycles. The summed E-state index contributed by atoms with van der Waals surface area (Å²) in [6, 6.07) is 4.58. The van der Waals surface area contributed by atoms with Crippen molar-refractivity contribution in [3.63, 3.8) is 0 Å². The van der Waals surface area contributed by atoms with Crippen LogP contribution >= 0.6 is 0 Å². The van der Waals surface area contributed by atoms with Crippen molar-refractivity contribution in [2.75, 3.05) is 26.7 Å². The highest BCUT2D eigenvalue weighted by atomic mass is 16.2. The van der Waals surface area contributed by atoms with Crippen molar-refractivity contribution in [1.29, 1.82) is 0 Å². The average molecular weight is 388 g/mol. The molecule has 3 rings (SSSR count). The van der Waals surface area contributed by atoms with Gasteiger partial charge in [0.1, 0.15) is 0 Å². The Morgan fingerprint density at radius 2 is 1.86 bits per heavy atom. The van der Waals surface area contributed by atoms with Crippen LogP contribution in [0.5, 0.6) is 0 Å². The van der Waals surface area contributed by atoms with Crippen LogP contribution in [0.25, 0.3) is 0 Å². The van der Waals surface area contributed by atoms with Gasteiger partial charge in [0.25, 0.3) is 0 Å². The summed E-state index contributed by atoms with van der Waals surface area (Å²) >= 11 is 0. The fraction of sp³-hybridized carbons (Fsp3) is 0.667. The molecule has 2 aliphatic rings. The van der Waals surface area contributed by atoms with Crippen molar-refractivity contribution in [3.8, 4) is 0 Å². The Kier molecular flexibility index (Phi) is 7.65. The largest absolute Gasteiger partial charge is 0.359 e. The molecular weight excluding hydrogens is 354 g/mol. The van der Waals surface area contributed by atoms with Gasteiger partial charge in [0.2, 0.25) is 5.91 Å². The van der Waals surface area contributed by atoms with E-state index >= 15 is 0 Å². The molecule has 1 aromatic rings. The molecule has 0 aliphatic carbocycles. The van der Waals surface area contributed by atoms with Crippen molar-refractivity contribution >= 4 is 11.9 Å². The van der Waals surface area contributed by atoms with Gasteiger partial charge in [0.15, 0.2) is 0 Å². The molecule has 0 aromatic carbocycles. The third-order valence-corrected chi connectivity index (χ3v) is 5.94. The van der Waals surface area contributed by atoms with E-state index in [-0.39, 0.29) is 24.0 Å². The van der Waals surface area contributed by atoms with Crippen LogP contribution in [0.4, 0.5) is 4.79 Å². The molecular formula is C21H33N5O2. The van der Waals surface area contributed by atoms with Crippen LogP contribution in [0.1, 0.15) is 50.5 Å². The number of carbonyl (C=O) groups excluding carboxylic acids is 2. The van der Waals surface area contributed by atoms with Gasteiger partial charge in [-0.05, 0) is 56.2 Å². The first-order chi connectivity index (χ1) is 13.7. The van der Waals surface area contributed by atoms with Gasteiger partial charge >= 0.3 is 6.03 Å². The molecule has 1 atom stereocenters. The summed E-state index contributed by atoms with van der Waals surface area (Å²) in [5, 5.41) is 5.92. The van der Waals surface area contributed by atoms with E-state index in [2.05, 4.69) is 32.7 Å². The topological polar surface area (TPSA) is 77.6 Å². The van der Waals surface area contributed by atoms with E-state index in [1.807, 2.05) is 17.3 Å². The van der Waals surface area contributed by atoms with Gasteiger partial charge in [-0.3, -0.25) is 14.7 Å². The lowest BCUT2D eigenvalue weighted by molar-refractivity contribution is -0.121. The van der Waals surface area contributed by atoms with Gasteiger partial charge < -0.3 is 15.5 Å². The predicted molar refractivity (Wildman–Crippen MR) is 109 cm³/mol. The molecule has 1 aromatic heterocycles. The highest BCUT2D eigenvalue weighted by Gasteiger charge is 2.29. The number of hydrogen-bond donors (Lipinski definition) is 2. The first kappa shape index (κ1) is 20.6. The maximum atomic E-state index is 12.9. The van der Waals surface area contributed by atoms with Crippen LogP contribution in [-0.4, -0.2) is 65.5 Å². The van der Waals surface area contributed by atoms with Gasteiger partial charge in [-0.15, -0.1) is 0 Å². The van der Waals surface area contributed by atoms with Crippen LogP contribution in [-0.2, 0) is 11.3 Å². The number of nitrogens with zero attached hydrogens (tertiary/aromatic N) is 3. The summed E-state index contributed by atoms with van der Waals surface area (Å²) in [5.41, 5.74) is 1.28. The normalized spacial score (nSPS) is 21.3. The number of urea groups is 1. The predicted octanol–water partition coefficient (Wildman–Crippen LogP) is 2.14. The number of nitrogens with one attached hydrogen (secondary N) is 2. The lowest BCUT2D eigenvalue weighted by Crippen LogP contribution is -2.53.